The Kier molecular flexibility index (Phi) is 6.30. The first-order chi connectivity index (χ1) is 15.6. The Bertz CT molecular complexity index is 1210. The van der Waals surface area contributed by atoms with E-state index in [9.17, 15) is 5.11 Å². The highest BCUT2D eigenvalue weighted by Crippen LogP contribution is 2.33. The quantitative estimate of drug-likeness (QED) is 0.391. The van der Waals surface area contributed by atoms with Crippen LogP contribution in [0.3, 0.4) is 0 Å². The number of nitrogens with zero attached hydrogens (tertiary/aromatic N) is 5. The van der Waals surface area contributed by atoms with Crippen molar-refractivity contribution in [2.75, 3.05) is 14.2 Å². The van der Waals surface area contributed by atoms with Crippen LogP contribution in [0.4, 0.5) is 0 Å². The maximum Gasteiger partial charge on any atom is 0.256 e. The van der Waals surface area contributed by atoms with Gasteiger partial charge in [-0.1, -0.05) is 26.7 Å². The Hall–Kier alpha value is -3.55. The van der Waals surface area contributed by atoms with E-state index in [2.05, 4.69) is 23.9 Å². The van der Waals surface area contributed by atoms with Crippen LogP contribution in [0.25, 0.3) is 27.8 Å². The molecule has 0 aromatic carbocycles. The third-order valence-corrected chi connectivity index (χ3v) is 5.77. The lowest BCUT2D eigenvalue weighted by Crippen LogP contribution is -2.08. The normalized spacial score (nSPS) is 12.2. The Morgan fingerprint density at radius 2 is 1.94 bits per heavy atom. The summed E-state index contributed by atoms with van der Waals surface area (Å²) in [6, 6.07) is 5.91. The predicted molar refractivity (Wildman–Crippen MR) is 124 cm³/mol. The lowest BCUT2D eigenvalue weighted by molar-refractivity contribution is 0.343. The van der Waals surface area contributed by atoms with Gasteiger partial charge in [0.1, 0.15) is 0 Å². The molecule has 8 nitrogen and oxygen atoms in total. The molecule has 0 radical (unpaired) electrons. The zero-order valence-electron chi connectivity index (χ0n) is 18.9. The van der Waals surface area contributed by atoms with Gasteiger partial charge in [-0.25, -0.2) is 9.97 Å². The molecule has 0 fully saturated rings. The van der Waals surface area contributed by atoms with E-state index in [0.717, 1.165) is 36.2 Å². The van der Waals surface area contributed by atoms with Crippen molar-refractivity contribution in [2.24, 2.45) is 0 Å². The van der Waals surface area contributed by atoms with Gasteiger partial charge in [-0.15, -0.1) is 0 Å². The number of ether oxygens (including phenoxy) is 2. The maximum absolute atomic E-state index is 10.8. The average molecular weight is 436 g/mol. The summed E-state index contributed by atoms with van der Waals surface area (Å²) in [5, 5.41) is 16.1. The van der Waals surface area contributed by atoms with Crippen LogP contribution in [0, 0.1) is 0 Å². The molecule has 1 atom stereocenters. The molecule has 4 heterocycles. The van der Waals surface area contributed by atoms with E-state index in [4.69, 9.17) is 14.5 Å². The molecule has 1 unspecified atom stereocenters. The number of aromatic nitrogens is 5. The summed E-state index contributed by atoms with van der Waals surface area (Å²) < 4.78 is 14.3. The van der Waals surface area contributed by atoms with E-state index >= 15 is 0 Å². The number of aromatic hydroxyl groups is 1. The highest BCUT2D eigenvalue weighted by atomic mass is 16.5. The fraction of sp³-hybridized carbons (Fsp3) is 0.375. The molecule has 0 spiro atoms. The van der Waals surface area contributed by atoms with Crippen molar-refractivity contribution in [3.8, 4) is 34.5 Å². The van der Waals surface area contributed by atoms with E-state index in [-0.39, 0.29) is 5.88 Å². The molecule has 4 aromatic rings. The molecule has 0 amide bonds. The van der Waals surface area contributed by atoms with Crippen LogP contribution in [0.1, 0.15) is 45.6 Å². The number of methoxy groups -OCH3 is 2. The number of pyridine rings is 2. The van der Waals surface area contributed by atoms with Gasteiger partial charge in [0, 0.05) is 24.2 Å². The van der Waals surface area contributed by atoms with Crippen molar-refractivity contribution < 1.29 is 14.6 Å². The summed E-state index contributed by atoms with van der Waals surface area (Å²) in [6.07, 6.45) is 11.7. The SMILES string of the molecule is CCCCC(CC)n1cc(-n2cc3nc(-c4cnc(OC)c(OC)c4)ccc3c2O)cn1. The third kappa shape index (κ3) is 4.00. The van der Waals surface area contributed by atoms with Gasteiger partial charge in [0.2, 0.25) is 5.88 Å². The van der Waals surface area contributed by atoms with Crippen LogP contribution < -0.4 is 9.47 Å². The second-order valence-electron chi connectivity index (χ2n) is 7.77. The smallest absolute Gasteiger partial charge is 0.256 e. The molecule has 4 rings (SSSR count). The van der Waals surface area contributed by atoms with Gasteiger partial charge in [0.05, 0.1) is 48.7 Å². The number of unbranched alkanes of at least 4 members (excludes halogenated alkanes) is 1. The van der Waals surface area contributed by atoms with Gasteiger partial charge in [-0.2, -0.15) is 5.10 Å². The molecule has 0 saturated heterocycles. The average Bonchev–Trinajstić information content (AvgIpc) is 3.43. The zero-order chi connectivity index (χ0) is 22.7. The van der Waals surface area contributed by atoms with Crippen molar-refractivity contribution in [1.82, 2.24) is 24.3 Å². The van der Waals surface area contributed by atoms with Gasteiger partial charge in [0.15, 0.2) is 5.75 Å². The monoisotopic (exact) mass is 435 g/mol. The highest BCUT2D eigenvalue weighted by molar-refractivity contribution is 5.87. The first-order valence-electron chi connectivity index (χ1n) is 10.9. The second-order valence-corrected chi connectivity index (χ2v) is 7.77. The summed E-state index contributed by atoms with van der Waals surface area (Å²) in [4.78, 5) is 9.03. The molecule has 0 aliphatic rings. The Morgan fingerprint density at radius 1 is 1.09 bits per heavy atom. The molecule has 1 N–H and O–H groups in total. The molecular weight excluding hydrogens is 406 g/mol. The summed E-state index contributed by atoms with van der Waals surface area (Å²) >= 11 is 0. The van der Waals surface area contributed by atoms with Gasteiger partial charge in [-0.05, 0) is 31.0 Å². The molecule has 32 heavy (non-hydrogen) atoms. The van der Waals surface area contributed by atoms with Gasteiger partial charge in [0.25, 0.3) is 5.88 Å². The van der Waals surface area contributed by atoms with Crippen LogP contribution in [0.15, 0.2) is 43.0 Å². The van der Waals surface area contributed by atoms with Crippen LogP contribution in [0.2, 0.25) is 0 Å². The van der Waals surface area contributed by atoms with Crippen molar-refractivity contribution in [3.05, 3.63) is 43.0 Å². The minimum atomic E-state index is 0.144. The molecule has 0 aliphatic heterocycles. The second kappa shape index (κ2) is 9.30. The molecule has 0 saturated carbocycles. The number of rotatable bonds is 9. The van der Waals surface area contributed by atoms with Crippen molar-refractivity contribution in [3.63, 3.8) is 0 Å². The summed E-state index contributed by atoms with van der Waals surface area (Å²) in [5.74, 6) is 1.10. The van der Waals surface area contributed by atoms with E-state index in [1.54, 1.807) is 31.2 Å². The molecule has 8 heteroatoms. The Morgan fingerprint density at radius 3 is 2.66 bits per heavy atom. The van der Waals surface area contributed by atoms with Gasteiger partial charge >= 0.3 is 0 Å². The number of hydrogen-bond donors (Lipinski definition) is 1. The standard InChI is InChI=1S/C24H29N5O3/c1-5-7-8-17(6-2)29-14-18(13-26-29)28-15-21-19(24(28)30)9-10-20(27-21)16-11-22(31-3)23(32-4)25-12-16/h9-15,17,30H,5-8H2,1-4H3. The zero-order valence-corrected chi connectivity index (χ0v) is 18.9. The Labute approximate surface area is 187 Å². The van der Waals surface area contributed by atoms with Crippen molar-refractivity contribution >= 4 is 10.9 Å². The van der Waals surface area contributed by atoms with Crippen molar-refractivity contribution in [1.29, 1.82) is 0 Å². The largest absolute Gasteiger partial charge is 0.494 e. The van der Waals surface area contributed by atoms with Crippen LogP contribution >= 0.6 is 0 Å². The first kappa shape index (κ1) is 21.7. The fourth-order valence-electron chi connectivity index (χ4n) is 3.92. The predicted octanol–water partition coefficient (Wildman–Crippen LogP) is 5.15. The first-order valence-corrected chi connectivity index (χ1v) is 10.9. The van der Waals surface area contributed by atoms with E-state index in [1.807, 2.05) is 35.3 Å². The minimum absolute atomic E-state index is 0.144. The van der Waals surface area contributed by atoms with E-state index < -0.39 is 0 Å². The highest BCUT2D eigenvalue weighted by Gasteiger charge is 2.16. The fourth-order valence-corrected chi connectivity index (χ4v) is 3.92. The third-order valence-electron chi connectivity index (χ3n) is 5.77. The van der Waals surface area contributed by atoms with Gasteiger partial charge < -0.3 is 14.6 Å². The maximum atomic E-state index is 10.8. The summed E-state index contributed by atoms with van der Waals surface area (Å²) in [6.45, 7) is 4.38. The lowest BCUT2D eigenvalue weighted by atomic mass is 10.1. The molecule has 168 valence electrons. The van der Waals surface area contributed by atoms with Crippen molar-refractivity contribution in [2.45, 2.75) is 45.6 Å². The number of fused-ring (bicyclic) bond motifs is 1. The lowest BCUT2D eigenvalue weighted by Gasteiger charge is -2.14. The van der Waals surface area contributed by atoms with Crippen LogP contribution in [0.5, 0.6) is 17.5 Å². The van der Waals surface area contributed by atoms with Gasteiger partial charge in [-0.3, -0.25) is 9.25 Å². The summed E-state index contributed by atoms with van der Waals surface area (Å²) in [5.41, 5.74) is 3.01. The molecule has 4 aromatic heterocycles. The Balaban J connectivity index is 1.68. The van der Waals surface area contributed by atoms with Crippen LogP contribution in [-0.4, -0.2) is 43.6 Å². The topological polar surface area (TPSA) is 87.2 Å². The minimum Gasteiger partial charge on any atom is -0.494 e. The van der Waals surface area contributed by atoms with E-state index in [1.165, 1.54) is 6.42 Å². The van der Waals surface area contributed by atoms with E-state index in [0.29, 0.717) is 28.6 Å². The summed E-state index contributed by atoms with van der Waals surface area (Å²) in [7, 11) is 3.12. The molecular formula is C24H29N5O3. The molecule has 0 aliphatic carbocycles. The number of hydrogen-bond acceptors (Lipinski definition) is 6. The van der Waals surface area contributed by atoms with Crippen LogP contribution in [-0.2, 0) is 0 Å². The molecule has 0 bridgehead atoms.